The van der Waals surface area contributed by atoms with E-state index in [0.29, 0.717) is 6.54 Å². The van der Waals surface area contributed by atoms with Crippen LogP contribution in [0.1, 0.15) is 32.6 Å². The Hall–Kier alpha value is -1.34. The number of carbonyl (C=O) groups excluding carboxylic acids is 1. The summed E-state index contributed by atoms with van der Waals surface area (Å²) in [5.41, 5.74) is 0. The van der Waals surface area contributed by atoms with Gasteiger partial charge in [0.05, 0.1) is 12.5 Å². The molecular weight excluding hydrogens is 274 g/mol. The normalized spacial score (nSPS) is 17.2. The number of nitrogens with one attached hydrogen (secondary N) is 2. The molecular formula is C14H27N3O4. The third-order valence-corrected chi connectivity index (χ3v) is 3.69. The van der Waals surface area contributed by atoms with E-state index in [-0.39, 0.29) is 25.0 Å². The molecule has 1 aliphatic rings. The number of piperidine rings is 1. The number of carboxylic acids is 1. The van der Waals surface area contributed by atoms with Crippen molar-refractivity contribution in [3.05, 3.63) is 0 Å². The highest BCUT2D eigenvalue weighted by molar-refractivity contribution is 5.74. The van der Waals surface area contributed by atoms with E-state index in [1.165, 1.54) is 7.11 Å². The van der Waals surface area contributed by atoms with Crippen molar-refractivity contribution in [2.24, 2.45) is 0 Å². The smallest absolute Gasteiger partial charge is 0.317 e. The fourth-order valence-electron chi connectivity index (χ4n) is 2.55. The Morgan fingerprint density at radius 2 is 2.10 bits per heavy atom. The first kappa shape index (κ1) is 17.7. The number of carbonyl (C=O) groups is 2. The van der Waals surface area contributed by atoms with Crippen molar-refractivity contribution >= 4 is 12.0 Å². The molecule has 1 unspecified atom stereocenters. The maximum atomic E-state index is 12.3. The van der Waals surface area contributed by atoms with Gasteiger partial charge in [-0.2, -0.15) is 0 Å². The Balaban J connectivity index is 2.49. The van der Waals surface area contributed by atoms with Gasteiger partial charge in [0.15, 0.2) is 0 Å². The molecule has 0 radical (unpaired) electrons. The number of methoxy groups -OCH3 is 1. The van der Waals surface area contributed by atoms with Crippen LogP contribution in [0.5, 0.6) is 0 Å². The van der Waals surface area contributed by atoms with Crippen LogP contribution >= 0.6 is 0 Å². The van der Waals surface area contributed by atoms with E-state index < -0.39 is 12.1 Å². The molecule has 0 aromatic heterocycles. The zero-order chi connectivity index (χ0) is 15.7. The molecule has 0 spiro atoms. The van der Waals surface area contributed by atoms with Gasteiger partial charge in [0, 0.05) is 26.2 Å². The fourth-order valence-corrected chi connectivity index (χ4v) is 2.55. The SMILES string of the molecule is CCCN(C(=O)NCC(CC(=O)O)OC)C1CCNCC1. The summed E-state index contributed by atoms with van der Waals surface area (Å²) in [4.78, 5) is 24.9. The number of aliphatic carboxylic acids is 1. The van der Waals surface area contributed by atoms with Crippen LogP contribution in [-0.2, 0) is 9.53 Å². The minimum Gasteiger partial charge on any atom is -0.481 e. The van der Waals surface area contributed by atoms with E-state index in [9.17, 15) is 9.59 Å². The molecule has 0 aromatic carbocycles. The molecule has 0 aromatic rings. The lowest BCUT2D eigenvalue weighted by molar-refractivity contribution is -0.139. The van der Waals surface area contributed by atoms with E-state index in [1.807, 2.05) is 11.8 Å². The van der Waals surface area contributed by atoms with Gasteiger partial charge in [-0.25, -0.2) is 4.79 Å². The van der Waals surface area contributed by atoms with Crippen molar-refractivity contribution in [3.63, 3.8) is 0 Å². The third kappa shape index (κ3) is 6.31. The molecule has 0 saturated carbocycles. The molecule has 7 nitrogen and oxygen atoms in total. The van der Waals surface area contributed by atoms with Gasteiger partial charge in [0.2, 0.25) is 0 Å². The van der Waals surface area contributed by atoms with Crippen LogP contribution in [0.2, 0.25) is 0 Å². The van der Waals surface area contributed by atoms with E-state index >= 15 is 0 Å². The van der Waals surface area contributed by atoms with Crippen LogP contribution in [0.25, 0.3) is 0 Å². The van der Waals surface area contributed by atoms with Crippen molar-refractivity contribution in [1.29, 1.82) is 0 Å². The molecule has 0 bridgehead atoms. The molecule has 2 amide bonds. The van der Waals surface area contributed by atoms with Crippen molar-refractivity contribution in [1.82, 2.24) is 15.5 Å². The third-order valence-electron chi connectivity index (χ3n) is 3.69. The first-order valence-corrected chi connectivity index (χ1v) is 7.58. The number of rotatable bonds is 8. The van der Waals surface area contributed by atoms with Gasteiger partial charge >= 0.3 is 12.0 Å². The van der Waals surface area contributed by atoms with Crippen LogP contribution in [-0.4, -0.2) is 67.4 Å². The fraction of sp³-hybridized carbons (Fsp3) is 0.857. The molecule has 7 heteroatoms. The van der Waals surface area contributed by atoms with E-state index in [2.05, 4.69) is 10.6 Å². The molecule has 3 N–H and O–H groups in total. The lowest BCUT2D eigenvalue weighted by atomic mass is 10.0. The summed E-state index contributed by atoms with van der Waals surface area (Å²) < 4.78 is 5.07. The Morgan fingerprint density at radius 1 is 1.43 bits per heavy atom. The maximum Gasteiger partial charge on any atom is 0.317 e. The zero-order valence-electron chi connectivity index (χ0n) is 12.9. The molecule has 1 rings (SSSR count). The van der Waals surface area contributed by atoms with E-state index in [1.54, 1.807) is 0 Å². The van der Waals surface area contributed by atoms with Crippen LogP contribution in [0, 0.1) is 0 Å². The van der Waals surface area contributed by atoms with Crippen molar-refractivity contribution in [2.75, 3.05) is 33.3 Å². The molecule has 1 aliphatic heterocycles. The highest BCUT2D eigenvalue weighted by Crippen LogP contribution is 2.12. The standard InChI is InChI=1S/C14H27N3O4/c1-3-8-17(11-4-6-15-7-5-11)14(20)16-10-12(21-2)9-13(18)19/h11-12,15H,3-10H2,1-2H3,(H,16,20)(H,18,19). The molecule has 1 saturated heterocycles. The molecule has 1 atom stereocenters. The Labute approximate surface area is 126 Å². The number of nitrogens with zero attached hydrogens (tertiary/aromatic N) is 1. The van der Waals surface area contributed by atoms with Gasteiger partial charge < -0.3 is 25.4 Å². The van der Waals surface area contributed by atoms with Gasteiger partial charge in [-0.15, -0.1) is 0 Å². The molecule has 1 fully saturated rings. The summed E-state index contributed by atoms with van der Waals surface area (Å²) in [5, 5.41) is 14.9. The largest absolute Gasteiger partial charge is 0.481 e. The second kappa shape index (κ2) is 9.57. The summed E-state index contributed by atoms with van der Waals surface area (Å²) in [6.45, 7) is 4.83. The minimum absolute atomic E-state index is 0.113. The number of hydrogen-bond donors (Lipinski definition) is 3. The maximum absolute atomic E-state index is 12.3. The summed E-state index contributed by atoms with van der Waals surface area (Å²) in [5.74, 6) is -0.931. The van der Waals surface area contributed by atoms with Gasteiger partial charge in [-0.05, 0) is 32.4 Å². The lowest BCUT2D eigenvalue weighted by Gasteiger charge is -2.34. The Bertz CT molecular complexity index is 332. The monoisotopic (exact) mass is 301 g/mol. The van der Waals surface area contributed by atoms with Crippen LogP contribution in [0.4, 0.5) is 4.79 Å². The minimum atomic E-state index is -0.931. The average Bonchev–Trinajstić information content (AvgIpc) is 2.49. The second-order valence-electron chi connectivity index (χ2n) is 5.32. The second-order valence-corrected chi connectivity index (χ2v) is 5.32. The van der Waals surface area contributed by atoms with Crippen molar-refractivity contribution in [3.8, 4) is 0 Å². The van der Waals surface area contributed by atoms with E-state index in [4.69, 9.17) is 9.84 Å². The van der Waals surface area contributed by atoms with Gasteiger partial charge in [-0.3, -0.25) is 4.79 Å². The summed E-state index contributed by atoms with van der Waals surface area (Å²) in [7, 11) is 1.45. The Kier molecular flexibility index (Phi) is 8.07. The predicted molar refractivity (Wildman–Crippen MR) is 79.3 cm³/mol. The lowest BCUT2D eigenvalue weighted by Crippen LogP contribution is -2.51. The molecule has 1 heterocycles. The molecule has 21 heavy (non-hydrogen) atoms. The van der Waals surface area contributed by atoms with Crippen LogP contribution in [0.15, 0.2) is 0 Å². The quantitative estimate of drug-likeness (QED) is 0.612. The van der Waals surface area contributed by atoms with Crippen molar-refractivity contribution in [2.45, 2.75) is 44.8 Å². The molecule has 0 aliphatic carbocycles. The summed E-state index contributed by atoms with van der Waals surface area (Å²) >= 11 is 0. The highest BCUT2D eigenvalue weighted by Gasteiger charge is 2.25. The zero-order valence-corrected chi connectivity index (χ0v) is 12.9. The first-order chi connectivity index (χ1) is 10.1. The number of carboxylic acid groups (broad SMARTS) is 1. The van der Waals surface area contributed by atoms with Gasteiger partial charge in [-0.1, -0.05) is 6.92 Å². The summed E-state index contributed by atoms with van der Waals surface area (Å²) in [6, 6.07) is 0.128. The molecule has 122 valence electrons. The van der Waals surface area contributed by atoms with Crippen LogP contribution < -0.4 is 10.6 Å². The van der Waals surface area contributed by atoms with Gasteiger partial charge in [0.1, 0.15) is 0 Å². The number of hydrogen-bond acceptors (Lipinski definition) is 4. The topological polar surface area (TPSA) is 90.9 Å². The first-order valence-electron chi connectivity index (χ1n) is 7.58. The number of urea groups is 1. The van der Waals surface area contributed by atoms with Crippen LogP contribution in [0.3, 0.4) is 0 Å². The summed E-state index contributed by atoms with van der Waals surface area (Å²) in [6.07, 6.45) is 2.20. The number of amides is 2. The van der Waals surface area contributed by atoms with Crippen molar-refractivity contribution < 1.29 is 19.4 Å². The van der Waals surface area contributed by atoms with E-state index in [0.717, 1.165) is 32.4 Å². The number of ether oxygens (including phenoxy) is 1. The predicted octanol–water partition coefficient (Wildman–Crippen LogP) is 0.650. The Morgan fingerprint density at radius 3 is 2.62 bits per heavy atom. The average molecular weight is 301 g/mol. The van der Waals surface area contributed by atoms with Gasteiger partial charge in [0.25, 0.3) is 0 Å². The highest BCUT2D eigenvalue weighted by atomic mass is 16.5.